The van der Waals surface area contributed by atoms with Crippen molar-refractivity contribution in [3.8, 4) is 0 Å². The average Bonchev–Trinajstić information content (AvgIpc) is 2.41. The van der Waals surface area contributed by atoms with Gasteiger partial charge in [-0.1, -0.05) is 0 Å². The summed E-state index contributed by atoms with van der Waals surface area (Å²) in [6, 6.07) is 0.451. The topological polar surface area (TPSA) is 80.3 Å². The van der Waals surface area contributed by atoms with E-state index in [1.807, 2.05) is 32.4 Å². The molecule has 128 valence electrons. The Morgan fingerprint density at radius 1 is 1.14 bits per heavy atom. The summed E-state index contributed by atoms with van der Waals surface area (Å²) in [6.45, 7) is 9.57. The monoisotopic (exact) mass is 344 g/mol. The van der Waals surface area contributed by atoms with Gasteiger partial charge in [0.05, 0.1) is 12.8 Å². The molecule has 0 aliphatic carbocycles. The lowest BCUT2D eigenvalue weighted by molar-refractivity contribution is 0.212. The smallest absolute Gasteiger partial charge is 0.331 e. The van der Waals surface area contributed by atoms with Crippen molar-refractivity contribution in [1.29, 1.82) is 0 Å². The van der Waals surface area contributed by atoms with E-state index < -0.39 is 16.1 Å². The molecule has 0 aromatic rings. The van der Waals surface area contributed by atoms with E-state index in [9.17, 15) is 9.46 Å². The zero-order valence-electron chi connectivity index (χ0n) is 13.9. The van der Waals surface area contributed by atoms with Crippen LogP contribution in [0.1, 0.15) is 27.7 Å². The van der Waals surface area contributed by atoms with Crippen LogP contribution in [0.2, 0.25) is 0 Å². The van der Waals surface area contributed by atoms with Crippen LogP contribution in [0.3, 0.4) is 0 Å². The summed E-state index contributed by atoms with van der Waals surface area (Å²) >= 11 is 0. The second-order valence-electron chi connectivity index (χ2n) is 5.10. The van der Waals surface area contributed by atoms with E-state index in [4.69, 9.17) is 13.6 Å². The molecule has 0 aliphatic heterocycles. The van der Waals surface area contributed by atoms with Crippen molar-refractivity contribution >= 4 is 16.1 Å². The Morgan fingerprint density at radius 3 is 2.10 bits per heavy atom. The highest BCUT2D eigenvalue weighted by Crippen LogP contribution is 2.45. The van der Waals surface area contributed by atoms with Gasteiger partial charge in [0.15, 0.2) is 0 Å². The normalized spacial score (nSPS) is 14.4. The zero-order chi connectivity index (χ0) is 16.5. The van der Waals surface area contributed by atoms with Gasteiger partial charge >= 0.3 is 7.60 Å². The Kier molecular flexibility index (Phi) is 11.3. The summed E-state index contributed by atoms with van der Waals surface area (Å²) < 4.78 is 28.8. The lowest BCUT2D eigenvalue weighted by atomic mass is 10.3. The first kappa shape index (κ1) is 21.4. The van der Waals surface area contributed by atoms with Gasteiger partial charge in [0.2, 0.25) is 0 Å². The van der Waals surface area contributed by atoms with E-state index in [2.05, 4.69) is 5.32 Å². The van der Waals surface area contributed by atoms with Gasteiger partial charge in [-0.05, 0) is 27.7 Å². The third-order valence-corrected chi connectivity index (χ3v) is 6.48. The minimum absolute atomic E-state index is 0.225. The summed E-state index contributed by atoms with van der Waals surface area (Å²) in [6.07, 6.45) is 0.304. The number of hydrogen-bond acceptors (Lipinski definition) is 7. The van der Waals surface area contributed by atoms with Crippen molar-refractivity contribution in [2.75, 3.05) is 40.1 Å². The first-order valence-corrected chi connectivity index (χ1v) is 9.98. The number of nitrogens with zero attached hydrogens (tertiary/aromatic N) is 1. The van der Waals surface area contributed by atoms with Gasteiger partial charge in [-0.15, -0.1) is 0 Å². The molecule has 0 aromatic heterocycles. The molecule has 9 heteroatoms. The SMILES string of the molecule is COP(=O)(CCNCCOP(O)N(C(C)C)C(C)C)OC. The Morgan fingerprint density at radius 2 is 1.67 bits per heavy atom. The van der Waals surface area contributed by atoms with Crippen molar-refractivity contribution in [2.24, 2.45) is 0 Å². The maximum absolute atomic E-state index is 11.8. The van der Waals surface area contributed by atoms with Gasteiger partial charge in [0, 0.05) is 39.4 Å². The molecule has 1 unspecified atom stereocenters. The van der Waals surface area contributed by atoms with Crippen molar-refractivity contribution in [3.63, 3.8) is 0 Å². The molecule has 0 heterocycles. The standard InChI is InChI=1S/C12H30N2O5P2/c1-11(2)14(12(3)4)20(15)19-9-7-13-8-10-21(16,17-5)18-6/h11-13,15H,7-10H2,1-6H3. The fraction of sp³-hybridized carbons (Fsp3) is 1.00. The van der Waals surface area contributed by atoms with Gasteiger partial charge in [-0.25, -0.2) is 4.67 Å². The molecule has 1 atom stereocenters. The van der Waals surface area contributed by atoms with E-state index in [1.54, 1.807) is 0 Å². The summed E-state index contributed by atoms with van der Waals surface area (Å²) in [4.78, 5) is 10.1. The van der Waals surface area contributed by atoms with Crippen LogP contribution in [0.15, 0.2) is 0 Å². The van der Waals surface area contributed by atoms with Gasteiger partial charge in [-0.3, -0.25) is 4.57 Å². The van der Waals surface area contributed by atoms with Crippen LogP contribution >= 0.6 is 16.1 Å². The molecule has 0 bridgehead atoms. The maximum Gasteiger partial charge on any atom is 0.331 e. The molecule has 7 nitrogen and oxygen atoms in total. The van der Waals surface area contributed by atoms with Crippen LogP contribution in [0.25, 0.3) is 0 Å². The van der Waals surface area contributed by atoms with Crippen LogP contribution < -0.4 is 5.32 Å². The van der Waals surface area contributed by atoms with Crippen molar-refractivity contribution in [2.45, 2.75) is 39.8 Å². The highest BCUT2D eigenvalue weighted by Gasteiger charge is 2.24. The van der Waals surface area contributed by atoms with E-state index in [1.165, 1.54) is 14.2 Å². The van der Waals surface area contributed by atoms with Crippen LogP contribution in [0.4, 0.5) is 0 Å². The van der Waals surface area contributed by atoms with E-state index >= 15 is 0 Å². The van der Waals surface area contributed by atoms with Gasteiger partial charge in [-0.2, -0.15) is 0 Å². The highest BCUT2D eigenvalue weighted by atomic mass is 31.2. The Bertz CT molecular complexity index is 302. The molecular weight excluding hydrogens is 314 g/mol. The van der Waals surface area contributed by atoms with Crippen LogP contribution in [0, 0.1) is 0 Å². The second kappa shape index (κ2) is 11.0. The third-order valence-electron chi connectivity index (χ3n) is 2.86. The molecule has 21 heavy (non-hydrogen) atoms. The average molecular weight is 344 g/mol. The van der Waals surface area contributed by atoms with E-state index in [-0.39, 0.29) is 12.1 Å². The third kappa shape index (κ3) is 8.58. The lowest BCUT2D eigenvalue weighted by Crippen LogP contribution is -2.33. The predicted octanol–water partition coefficient (Wildman–Crippen LogP) is 2.42. The summed E-state index contributed by atoms with van der Waals surface area (Å²) in [7, 11) is -1.78. The summed E-state index contributed by atoms with van der Waals surface area (Å²) in [5.41, 5.74) is 0. The minimum atomic E-state index is -2.95. The largest absolute Gasteiger partial charge is 0.338 e. The second-order valence-corrected chi connectivity index (χ2v) is 8.73. The first-order chi connectivity index (χ1) is 9.77. The molecule has 0 spiro atoms. The van der Waals surface area contributed by atoms with Gasteiger partial charge in [0.1, 0.15) is 0 Å². The Hall–Kier alpha value is 0.420. The Labute approximate surface area is 129 Å². The quantitative estimate of drug-likeness (QED) is 0.416. The predicted molar refractivity (Wildman–Crippen MR) is 86.6 cm³/mol. The lowest BCUT2D eigenvalue weighted by Gasteiger charge is -2.32. The molecule has 0 aromatic carbocycles. The fourth-order valence-electron chi connectivity index (χ4n) is 1.86. The van der Waals surface area contributed by atoms with Crippen molar-refractivity contribution in [1.82, 2.24) is 9.99 Å². The number of rotatable bonds is 12. The van der Waals surface area contributed by atoms with Crippen molar-refractivity contribution < 1.29 is 23.0 Å². The van der Waals surface area contributed by atoms with Gasteiger partial charge in [0.25, 0.3) is 8.53 Å². The van der Waals surface area contributed by atoms with E-state index in [0.717, 1.165) is 0 Å². The van der Waals surface area contributed by atoms with Crippen LogP contribution in [-0.2, 0) is 18.1 Å². The molecule has 0 saturated carbocycles. The minimum Gasteiger partial charge on any atom is -0.338 e. The number of hydrogen-bond donors (Lipinski definition) is 2. The molecule has 0 radical (unpaired) electrons. The molecule has 0 saturated heterocycles. The molecule has 2 N–H and O–H groups in total. The number of nitrogens with one attached hydrogen (secondary N) is 1. The Balaban J connectivity index is 3.88. The van der Waals surface area contributed by atoms with Crippen LogP contribution in [-0.4, -0.2) is 61.7 Å². The zero-order valence-corrected chi connectivity index (χ0v) is 15.7. The molecule has 0 fully saturated rings. The summed E-state index contributed by atoms with van der Waals surface area (Å²) in [5, 5.41) is 3.09. The molecule has 0 rings (SSSR count). The fourth-order valence-corrected chi connectivity index (χ4v) is 3.98. The van der Waals surface area contributed by atoms with Gasteiger partial charge < -0.3 is 23.8 Å². The maximum atomic E-state index is 11.8. The van der Waals surface area contributed by atoms with Crippen molar-refractivity contribution in [3.05, 3.63) is 0 Å². The van der Waals surface area contributed by atoms with E-state index in [0.29, 0.717) is 25.9 Å². The first-order valence-electron chi connectivity index (χ1n) is 7.08. The highest BCUT2D eigenvalue weighted by molar-refractivity contribution is 7.53. The molecular formula is C12H30N2O5P2. The molecule has 0 amide bonds. The summed E-state index contributed by atoms with van der Waals surface area (Å²) in [5.74, 6) is 0. The van der Waals surface area contributed by atoms with Crippen LogP contribution in [0.5, 0.6) is 0 Å². The molecule has 0 aliphatic rings.